The Balaban J connectivity index is 0.000000134. The first kappa shape index (κ1) is 58.5. The third-order valence-electron chi connectivity index (χ3n) is 22.8. The van der Waals surface area contributed by atoms with Crippen molar-refractivity contribution in [2.45, 2.75) is 10.8 Å². The monoisotopic (exact) mass is 1310 g/mol. The molecule has 4 aliphatic rings. The second-order valence-electron chi connectivity index (χ2n) is 27.6. The number of nitrogens with zero attached hydrogens (tertiary/aromatic N) is 3. The average molecular weight is 1310 g/mol. The molecule has 478 valence electrons. The minimum absolute atomic E-state index is 0.254. The molecule has 0 amide bonds. The summed E-state index contributed by atoms with van der Waals surface area (Å²) in [5.41, 5.74) is 26.5. The average Bonchev–Trinajstić information content (AvgIpc) is 1.51. The lowest BCUT2D eigenvalue weighted by Crippen LogP contribution is -2.26. The van der Waals surface area contributed by atoms with Crippen LogP contribution < -0.4 is 9.80 Å². The van der Waals surface area contributed by atoms with E-state index in [2.05, 4.69) is 343 Å². The number of halogens is 1. The summed E-state index contributed by atoms with van der Waals surface area (Å²) in [4.78, 5) is 4.72. The van der Waals surface area contributed by atoms with E-state index in [4.69, 9.17) is 0 Å². The Morgan fingerprint density at radius 2 is 0.466 bits per heavy atom. The van der Waals surface area contributed by atoms with Crippen molar-refractivity contribution in [2.75, 3.05) is 9.80 Å². The van der Waals surface area contributed by atoms with E-state index < -0.39 is 10.8 Å². The molecule has 0 aliphatic heterocycles. The maximum Gasteiger partial charge on any atom is 0.123 e. The van der Waals surface area contributed by atoms with Crippen molar-refractivity contribution in [2.24, 2.45) is 0 Å². The highest BCUT2D eigenvalue weighted by molar-refractivity contribution is 6.30. The van der Waals surface area contributed by atoms with Gasteiger partial charge in [0.15, 0.2) is 0 Å². The summed E-state index contributed by atoms with van der Waals surface area (Å²) in [6, 6.07) is 133. The first-order chi connectivity index (χ1) is 51.0. The molecule has 18 aromatic carbocycles. The fourth-order valence-corrected chi connectivity index (χ4v) is 18.8. The summed E-state index contributed by atoms with van der Waals surface area (Å²) in [6.07, 6.45) is 0. The Labute approximate surface area is 595 Å². The maximum atomic E-state index is 14.6. The van der Waals surface area contributed by atoms with Gasteiger partial charge in [-0.1, -0.05) is 279 Å². The molecule has 4 aliphatic carbocycles. The van der Waals surface area contributed by atoms with Crippen LogP contribution in [0.1, 0.15) is 50.1 Å². The van der Waals surface area contributed by atoms with Crippen LogP contribution in [0.3, 0.4) is 0 Å². The molecule has 22 rings (SSSR count). The van der Waals surface area contributed by atoms with Crippen LogP contribution in [-0.4, -0.2) is 0 Å². The first-order valence-electron chi connectivity index (χ1n) is 35.4. The fourth-order valence-electron chi connectivity index (χ4n) is 18.8. The number of rotatable bonds is 6. The highest BCUT2D eigenvalue weighted by Gasteiger charge is 2.53. The number of fused-ring (bicyclic) bond motifs is 32. The minimum Gasteiger partial charge on any atom is -0.310 e. The van der Waals surface area contributed by atoms with Gasteiger partial charge < -0.3 is 9.80 Å². The van der Waals surface area contributed by atoms with Crippen LogP contribution in [0.5, 0.6) is 0 Å². The van der Waals surface area contributed by atoms with Gasteiger partial charge in [0.2, 0.25) is 0 Å². The smallest absolute Gasteiger partial charge is 0.123 e. The Morgan fingerprint density at radius 3 is 0.777 bits per heavy atom. The molecule has 4 heteroatoms. The lowest BCUT2D eigenvalue weighted by molar-refractivity contribution is 0.628. The molecule has 0 aromatic heterocycles. The molecule has 0 fully saturated rings. The molecular formula is C99H60FN3. The van der Waals surface area contributed by atoms with Crippen LogP contribution in [0.2, 0.25) is 0 Å². The van der Waals surface area contributed by atoms with Gasteiger partial charge in [-0.25, -0.2) is 4.39 Å². The minimum atomic E-state index is -0.467. The van der Waals surface area contributed by atoms with E-state index in [-0.39, 0.29) is 5.82 Å². The van der Waals surface area contributed by atoms with Crippen LogP contribution in [0, 0.1) is 17.1 Å². The highest BCUT2D eigenvalue weighted by Crippen LogP contribution is 2.66. The van der Waals surface area contributed by atoms with Crippen molar-refractivity contribution >= 4 is 98.8 Å². The summed E-state index contributed by atoms with van der Waals surface area (Å²) >= 11 is 0. The van der Waals surface area contributed by atoms with Gasteiger partial charge in [-0.3, -0.25) is 0 Å². The lowest BCUT2D eigenvalue weighted by Gasteiger charge is -2.32. The van der Waals surface area contributed by atoms with E-state index in [9.17, 15) is 9.65 Å². The molecule has 3 nitrogen and oxygen atoms in total. The predicted molar refractivity (Wildman–Crippen MR) is 425 cm³/mol. The largest absolute Gasteiger partial charge is 0.310 e. The standard InChI is InChI=1S/C50H30N2.C49H30FN/c51-31-32-24-26-33(27-25-32)52(48-23-11-19-43-37-13-2-1-12-35(37)36-14-3-4-18-42(36)49(43)48)34-28-29-41-40-17-7-10-22-46(40)50(47(41)30-34)44-20-8-5-15-38(44)39-16-6-9-21-45(39)50;50-31-24-26-32(27-25-31)51(47-23-11-19-42-36-13-2-1-12-34(36)35-14-3-4-18-41(35)48(42)47)33-28-29-40-39-17-7-10-22-45(39)49(46(40)30-33)43-20-8-5-15-37(43)38-16-6-9-21-44(38)49/h1-30H;1-30H. The predicted octanol–water partition coefficient (Wildman–Crippen LogP) is 25.9. The molecule has 0 saturated heterocycles. The van der Waals surface area contributed by atoms with Gasteiger partial charge in [0.1, 0.15) is 5.82 Å². The lowest BCUT2D eigenvalue weighted by atomic mass is 9.70. The van der Waals surface area contributed by atoms with E-state index in [1.807, 2.05) is 24.3 Å². The Bertz CT molecular complexity index is 6460. The van der Waals surface area contributed by atoms with Gasteiger partial charge in [0.05, 0.1) is 33.8 Å². The van der Waals surface area contributed by atoms with Crippen molar-refractivity contribution in [1.82, 2.24) is 0 Å². The van der Waals surface area contributed by atoms with Crippen LogP contribution in [0.4, 0.5) is 38.5 Å². The molecule has 0 heterocycles. The number of anilines is 6. The van der Waals surface area contributed by atoms with Crippen LogP contribution >= 0.6 is 0 Å². The Kier molecular flexibility index (Phi) is 12.8. The van der Waals surface area contributed by atoms with Gasteiger partial charge >= 0.3 is 0 Å². The van der Waals surface area contributed by atoms with Gasteiger partial charge in [-0.05, 0) is 228 Å². The number of hydrogen-bond acceptors (Lipinski definition) is 3. The SMILES string of the molecule is Fc1ccc(N(c2ccc3c(c2)C2(c4ccccc4-c4ccccc42)c2ccccc2-3)c2cccc3c4ccccc4c4ccccc4c23)cc1.N#Cc1ccc(N(c2ccc3c(c2)C2(c4ccccc4-c4ccccc42)c2ccccc2-3)c2cccc3c4ccccc4c4ccccc4c23)cc1. The van der Waals surface area contributed by atoms with E-state index in [0.717, 1.165) is 34.1 Å². The second kappa shape index (κ2) is 22.5. The number of nitriles is 1. The van der Waals surface area contributed by atoms with Gasteiger partial charge in [-0.15, -0.1) is 0 Å². The molecule has 0 N–H and O–H groups in total. The number of hydrogen-bond donors (Lipinski definition) is 0. The van der Waals surface area contributed by atoms with E-state index >= 15 is 0 Å². The topological polar surface area (TPSA) is 30.3 Å². The summed E-state index contributed by atoms with van der Waals surface area (Å²) in [7, 11) is 0. The fraction of sp³-hybridized carbons (Fsp3) is 0.0202. The van der Waals surface area contributed by atoms with Crippen LogP contribution in [-0.2, 0) is 10.8 Å². The van der Waals surface area contributed by atoms with E-state index in [0.29, 0.717) is 5.56 Å². The molecule has 18 aromatic rings. The van der Waals surface area contributed by atoms with Crippen LogP contribution in [0.15, 0.2) is 364 Å². The molecule has 0 saturated carbocycles. The van der Waals surface area contributed by atoms with Crippen LogP contribution in [0.25, 0.3) is 109 Å². The summed E-state index contributed by atoms with van der Waals surface area (Å²) in [5, 5.41) is 24.4. The Hall–Kier alpha value is -13.5. The molecule has 2 spiro atoms. The molecule has 0 atom stereocenters. The normalized spacial score (nSPS) is 13.2. The molecule has 103 heavy (non-hydrogen) atoms. The summed E-state index contributed by atoms with van der Waals surface area (Å²) in [6.45, 7) is 0. The van der Waals surface area contributed by atoms with Crippen molar-refractivity contribution in [3.05, 3.63) is 420 Å². The summed E-state index contributed by atoms with van der Waals surface area (Å²) in [5.74, 6) is -0.254. The van der Waals surface area contributed by atoms with Gasteiger partial charge in [-0.2, -0.15) is 5.26 Å². The molecule has 0 radical (unpaired) electrons. The van der Waals surface area contributed by atoms with Gasteiger partial charge in [0.25, 0.3) is 0 Å². The third kappa shape index (κ3) is 8.19. The van der Waals surface area contributed by atoms with Crippen molar-refractivity contribution in [3.8, 4) is 50.6 Å². The zero-order chi connectivity index (χ0) is 68.1. The molecule has 0 bridgehead atoms. The second-order valence-corrected chi connectivity index (χ2v) is 27.6. The zero-order valence-corrected chi connectivity index (χ0v) is 55.9. The molecular weight excluding hydrogens is 1250 g/mol. The quantitative estimate of drug-likeness (QED) is 0.155. The number of benzene rings is 18. The van der Waals surface area contributed by atoms with E-state index in [1.165, 1.54) is 154 Å². The Morgan fingerprint density at radius 1 is 0.223 bits per heavy atom. The molecule has 0 unspecified atom stereocenters. The highest BCUT2D eigenvalue weighted by atomic mass is 19.1. The third-order valence-corrected chi connectivity index (χ3v) is 22.8. The maximum absolute atomic E-state index is 14.6. The van der Waals surface area contributed by atoms with E-state index in [1.54, 1.807) is 12.1 Å². The zero-order valence-electron chi connectivity index (χ0n) is 55.9. The van der Waals surface area contributed by atoms with Crippen molar-refractivity contribution in [3.63, 3.8) is 0 Å². The van der Waals surface area contributed by atoms with Crippen molar-refractivity contribution in [1.29, 1.82) is 5.26 Å². The van der Waals surface area contributed by atoms with Gasteiger partial charge in [0, 0.05) is 33.5 Å². The first-order valence-corrected chi connectivity index (χ1v) is 35.4. The van der Waals surface area contributed by atoms with Crippen molar-refractivity contribution < 1.29 is 4.39 Å². The summed E-state index contributed by atoms with van der Waals surface area (Å²) < 4.78 is 14.6.